The molecule has 2 saturated carbocycles. The third-order valence-electron chi connectivity index (χ3n) is 17.0. The molecule has 0 atom stereocenters. The Kier molecular flexibility index (Phi) is 30.5. The molecule has 0 unspecified atom stereocenters. The van der Waals surface area contributed by atoms with Crippen LogP contribution in [0.5, 0.6) is 5.75 Å². The smallest absolute Gasteiger partial charge is 0.118 e. The monoisotopic (exact) mass is 1300 g/mol. The summed E-state index contributed by atoms with van der Waals surface area (Å²) >= 11 is 0. The minimum Gasteiger partial charge on any atom is -0.497 e. The number of ether oxygens (including phenoxy) is 2. The molecule has 0 bridgehead atoms. The summed E-state index contributed by atoms with van der Waals surface area (Å²) in [5.41, 5.74) is 17.2. The van der Waals surface area contributed by atoms with Crippen LogP contribution in [0.25, 0.3) is 43.6 Å². The second kappa shape index (κ2) is 43.2. The first-order chi connectivity index (χ1) is 49.1. The van der Waals surface area contributed by atoms with Crippen molar-refractivity contribution in [3.05, 3.63) is 267 Å². The van der Waals surface area contributed by atoms with Gasteiger partial charge in [0.15, 0.2) is 0 Å². The maximum atomic E-state index is 7.63. The Bertz CT molecular complexity index is 4200. The molecular weight excluding hydrogens is 1170 g/mol. The Morgan fingerprint density at radius 2 is 0.781 bits per heavy atom. The van der Waals surface area contributed by atoms with Gasteiger partial charge in [0.1, 0.15) is 5.75 Å². The highest BCUT2D eigenvalue weighted by Crippen LogP contribution is 2.35. The Hall–Kier alpha value is -8.10. The summed E-state index contributed by atoms with van der Waals surface area (Å²) in [6, 6.07) is 62.7. The summed E-state index contributed by atoms with van der Waals surface area (Å²) in [6.07, 6.45) is 15.5. The number of hydrogen-bond acceptors (Lipinski definition) is 2. The average Bonchev–Trinajstić information content (AvgIpc) is 1.62. The molecule has 0 amide bonds. The number of rotatable bonds is 1. The van der Waals surface area contributed by atoms with Crippen molar-refractivity contribution in [2.24, 2.45) is 25.9 Å². The van der Waals surface area contributed by atoms with E-state index in [2.05, 4.69) is 225 Å². The topological polar surface area (TPSA) is 28.3 Å². The number of hydrogen-bond donors (Lipinski definition) is 0. The molecule has 4 heteroatoms. The molecule has 2 heterocycles. The summed E-state index contributed by atoms with van der Waals surface area (Å²) in [4.78, 5) is 0. The summed E-state index contributed by atoms with van der Waals surface area (Å²) in [7, 11) is 9.19. The second-order valence-electron chi connectivity index (χ2n) is 27.2. The van der Waals surface area contributed by atoms with Crippen LogP contribution in [0.15, 0.2) is 206 Å². The van der Waals surface area contributed by atoms with Gasteiger partial charge in [0.2, 0.25) is 0 Å². The van der Waals surface area contributed by atoms with Crippen molar-refractivity contribution in [3.8, 4) is 18.1 Å². The molecule has 9 aromatic carbocycles. The molecule has 96 heavy (non-hydrogen) atoms. The number of methoxy groups -OCH3 is 2. The van der Waals surface area contributed by atoms with E-state index in [0.717, 1.165) is 42.6 Å². The lowest BCUT2D eigenvalue weighted by molar-refractivity contribution is 0.277. The van der Waals surface area contributed by atoms with Gasteiger partial charge in [-0.1, -0.05) is 287 Å². The first-order valence-electron chi connectivity index (χ1n) is 38.6. The number of nitrogens with zero attached hydrogens (tertiary/aromatic N) is 2. The van der Waals surface area contributed by atoms with E-state index in [4.69, 9.17) is 17.1 Å². The van der Waals surface area contributed by atoms with Crippen molar-refractivity contribution in [1.82, 2.24) is 9.13 Å². The molecule has 4 nitrogen and oxygen atoms in total. The molecule has 2 fully saturated rings. The third-order valence-corrected chi connectivity index (χ3v) is 17.0. The minimum atomic E-state index is -1.98. The van der Waals surface area contributed by atoms with Crippen molar-refractivity contribution >= 4 is 43.6 Å². The van der Waals surface area contributed by atoms with Gasteiger partial charge in [-0.2, -0.15) is 0 Å². The first-order valence-corrected chi connectivity index (χ1v) is 34.1. The van der Waals surface area contributed by atoms with Gasteiger partial charge in [-0.15, -0.1) is 12.3 Å². The quantitative estimate of drug-likeness (QED) is 0.153. The Morgan fingerprint density at radius 3 is 1.09 bits per heavy atom. The van der Waals surface area contributed by atoms with Crippen LogP contribution < -0.4 is 4.74 Å². The van der Waals surface area contributed by atoms with Crippen molar-refractivity contribution in [2.75, 3.05) is 21.3 Å². The van der Waals surface area contributed by atoms with Gasteiger partial charge in [-0.3, -0.25) is 0 Å². The fourth-order valence-electron chi connectivity index (χ4n) is 10.7. The maximum absolute atomic E-state index is 7.63. The lowest BCUT2D eigenvalue weighted by Gasteiger charge is -2.19. The maximum Gasteiger partial charge on any atom is 0.118 e. The number of aromatic nitrogens is 2. The van der Waals surface area contributed by atoms with Gasteiger partial charge < -0.3 is 18.6 Å². The minimum absolute atomic E-state index is 0.00407. The van der Waals surface area contributed by atoms with Crippen molar-refractivity contribution in [2.45, 2.75) is 193 Å². The largest absolute Gasteiger partial charge is 0.497 e. The molecule has 514 valence electrons. The van der Waals surface area contributed by atoms with Crippen LogP contribution in [0.1, 0.15) is 194 Å². The Morgan fingerprint density at radius 1 is 0.448 bits per heavy atom. The average molecular weight is 1300 g/mol. The van der Waals surface area contributed by atoms with E-state index in [9.17, 15) is 0 Å². The molecule has 0 saturated heterocycles. The molecule has 0 spiro atoms. The van der Waals surface area contributed by atoms with Crippen LogP contribution in [-0.4, -0.2) is 30.5 Å². The van der Waals surface area contributed by atoms with E-state index in [1.807, 2.05) is 82.3 Å². The molecule has 13 rings (SSSR count). The number of benzene rings is 9. The standard InChI is InChI=1S/C21H27N.C13H11N.2C9H12.C8H10.C7H8O.C7H14.C7H8.C6H12.C3H4.C2H6O/c1-20(2,3)14-8-10-18-16(12-14)17-13-15(21(4,5)6)9-11-19(17)22(18)7;1-14-12-8-4-2-6-10(12)11-7-3-5-9-13(11)14;2*1-7-5-4-6-8(2)9(7)3;1-7-4-3-5-8(2)6-7;1-8-7-5-3-2-4-6-7;2*1-7-5-3-2-4-6-7;1-6-4-2-3-5-6;2*1-3-2/h8-13H,1-7H3;2-9H,1H3;2*4-6H,1-3H3;3-6H,1-2H3;2-6H,1H3;7H,2-6H2,1H3;2-6H,1H3;6H,2-5H2,1H3;1H,2H3;1-2H3/i;;1D3;;3D,4D,5D,6D;;7D;;6D;;. The summed E-state index contributed by atoms with van der Waals surface area (Å²) in [5, 5.41) is 5.42. The lowest BCUT2D eigenvalue weighted by atomic mass is 9.85. The van der Waals surface area contributed by atoms with Gasteiger partial charge in [0.05, 0.1) is 12.6 Å². The molecule has 0 N–H and O–H groups in total. The predicted molar refractivity (Wildman–Crippen MR) is 427 cm³/mol. The number of fused-ring (bicyclic) bond motifs is 6. The fourth-order valence-corrected chi connectivity index (χ4v) is 10.7. The van der Waals surface area contributed by atoms with Crippen LogP contribution in [0.2, 0.25) is 0 Å². The summed E-state index contributed by atoms with van der Waals surface area (Å²) < 4.78 is 80.2. The van der Waals surface area contributed by atoms with Gasteiger partial charge in [0.25, 0.3) is 0 Å². The summed E-state index contributed by atoms with van der Waals surface area (Å²) in [5.74, 6) is 3.03. The highest BCUT2D eigenvalue weighted by atomic mass is 16.5. The molecule has 2 aliphatic rings. The molecule has 11 aromatic rings. The first kappa shape index (κ1) is 67.9. The van der Waals surface area contributed by atoms with Gasteiger partial charge >= 0.3 is 0 Å². The fraction of sp³-hybridized carbons (Fsp3) is 0.391. The van der Waals surface area contributed by atoms with Crippen molar-refractivity contribution < 1.29 is 21.8 Å². The van der Waals surface area contributed by atoms with Crippen molar-refractivity contribution in [3.63, 3.8) is 0 Å². The lowest BCUT2D eigenvalue weighted by Crippen LogP contribution is -2.10. The SMILES string of the molecule is C#CC.COC.COc1ccccc1.Cc1cccc(C)c1C.Cc1ccccc1.Cn1c2ccc(C(C)(C)C)cc2c2cc(C(C)(C)C)ccc21.Cn1c2ccccc2c2ccccc21.[2H]C([2H])([2H])c1cccc(C)c1C.[2H]C1(C)CCCC1.[2H]C1(C)CCCCC1.[2H]c1c([2H])c(C)c([2H])c(C)c1[2H]. The predicted octanol–water partition coefficient (Wildman–Crippen LogP) is 26.2. The van der Waals surface area contributed by atoms with Crippen LogP contribution >= 0.6 is 0 Å². The van der Waals surface area contributed by atoms with E-state index in [-0.39, 0.29) is 46.8 Å². The van der Waals surface area contributed by atoms with Gasteiger partial charge in [-0.05, 0) is 185 Å². The molecule has 2 aromatic heterocycles. The summed E-state index contributed by atoms with van der Waals surface area (Å²) in [6.45, 7) is 33.0. The van der Waals surface area contributed by atoms with Crippen LogP contribution in [-0.2, 0) is 29.7 Å². The van der Waals surface area contributed by atoms with Gasteiger partial charge in [-0.25, -0.2) is 0 Å². The van der Waals surface area contributed by atoms with E-state index in [0.29, 0.717) is 16.7 Å². The van der Waals surface area contributed by atoms with Crippen LogP contribution in [0.4, 0.5) is 0 Å². The van der Waals surface area contributed by atoms with E-state index < -0.39 is 6.85 Å². The Balaban J connectivity index is 0.000000311. The molecule has 0 radical (unpaired) electrons. The second-order valence-corrected chi connectivity index (χ2v) is 27.2. The van der Waals surface area contributed by atoms with Crippen LogP contribution in [0, 0.1) is 86.4 Å². The van der Waals surface area contributed by atoms with E-state index in [1.54, 1.807) is 54.2 Å². The molecule has 0 aliphatic heterocycles. The normalized spacial score (nSPS) is 14.4. The highest BCUT2D eigenvalue weighted by Gasteiger charge is 2.19. The van der Waals surface area contributed by atoms with Crippen molar-refractivity contribution in [1.29, 1.82) is 0 Å². The number of para-hydroxylation sites is 3. The zero-order chi connectivity index (χ0) is 79.2. The Labute approximate surface area is 597 Å². The molecular formula is C92H124N2O2. The van der Waals surface area contributed by atoms with Gasteiger partial charge in [0, 0.05) is 78.8 Å². The zero-order valence-corrected chi connectivity index (χ0v) is 63.0. The van der Waals surface area contributed by atoms with E-state index in [1.165, 1.54) is 109 Å². The van der Waals surface area contributed by atoms with E-state index >= 15 is 0 Å². The number of aryl methyl sites for hydroxylation is 7. The highest BCUT2D eigenvalue weighted by molar-refractivity contribution is 6.09. The third kappa shape index (κ3) is 28.7. The number of terminal acetylenes is 1. The van der Waals surface area contributed by atoms with Crippen LogP contribution in [0.3, 0.4) is 0 Å². The molecule has 2 aliphatic carbocycles. The zero-order valence-electron chi connectivity index (χ0n) is 72.0.